The average Bonchev–Trinajstić information content (AvgIpc) is 3.08. The Kier molecular flexibility index (Phi) is 3.74. The number of amides is 2. The first-order chi connectivity index (χ1) is 10.1. The van der Waals surface area contributed by atoms with E-state index in [2.05, 4.69) is 19.2 Å². The maximum Gasteiger partial charge on any atom is 0.249 e. The minimum Gasteiger partial charge on any atom is -0.340 e. The Morgan fingerprint density at radius 3 is 2.24 bits per heavy atom. The van der Waals surface area contributed by atoms with Crippen molar-refractivity contribution >= 4 is 11.8 Å². The Hall–Kier alpha value is -1.06. The molecule has 3 rings (SSSR count). The van der Waals surface area contributed by atoms with Gasteiger partial charge in [0.2, 0.25) is 11.8 Å². The fraction of sp³-hybridized carbons (Fsp3) is 0.882. The van der Waals surface area contributed by atoms with Crippen molar-refractivity contribution in [1.29, 1.82) is 0 Å². The Bertz CT molecular complexity index is 434. The predicted octanol–water partition coefficient (Wildman–Crippen LogP) is 2.76. The van der Waals surface area contributed by atoms with E-state index >= 15 is 0 Å². The summed E-state index contributed by atoms with van der Waals surface area (Å²) in [5.74, 6) is 0.340. The maximum absolute atomic E-state index is 13.3. The number of piperazine rings is 1. The topological polar surface area (TPSA) is 49.4 Å². The average molecular weight is 292 g/mol. The molecule has 0 bridgehead atoms. The number of carbonyl (C=O) groups excluding carboxylic acids is 2. The summed E-state index contributed by atoms with van der Waals surface area (Å²) in [6, 6.07) is 0.170. The zero-order valence-corrected chi connectivity index (χ0v) is 13.4. The van der Waals surface area contributed by atoms with Gasteiger partial charge in [0, 0.05) is 6.04 Å². The lowest BCUT2D eigenvalue weighted by Gasteiger charge is -2.52. The molecule has 0 aromatic carbocycles. The van der Waals surface area contributed by atoms with Crippen LogP contribution < -0.4 is 5.32 Å². The van der Waals surface area contributed by atoms with Crippen molar-refractivity contribution in [3.05, 3.63) is 0 Å². The zero-order valence-electron chi connectivity index (χ0n) is 13.4. The second-order valence-electron chi connectivity index (χ2n) is 7.29. The van der Waals surface area contributed by atoms with Gasteiger partial charge in [0.15, 0.2) is 0 Å². The molecule has 3 aliphatic rings. The van der Waals surface area contributed by atoms with E-state index < -0.39 is 11.1 Å². The zero-order chi connectivity index (χ0) is 15.1. The molecule has 1 unspecified atom stereocenters. The molecule has 1 heterocycles. The summed E-state index contributed by atoms with van der Waals surface area (Å²) in [4.78, 5) is 28.2. The molecule has 2 spiro atoms. The van der Waals surface area contributed by atoms with E-state index in [1.165, 1.54) is 0 Å². The van der Waals surface area contributed by atoms with Crippen molar-refractivity contribution < 1.29 is 9.59 Å². The van der Waals surface area contributed by atoms with E-state index in [-0.39, 0.29) is 17.9 Å². The highest BCUT2D eigenvalue weighted by Crippen LogP contribution is 2.45. The molecule has 0 aromatic heterocycles. The molecule has 4 heteroatoms. The predicted molar refractivity (Wildman–Crippen MR) is 81.8 cm³/mol. The summed E-state index contributed by atoms with van der Waals surface area (Å²) in [7, 11) is 0. The summed E-state index contributed by atoms with van der Waals surface area (Å²) in [6.45, 7) is 4.28. The van der Waals surface area contributed by atoms with Crippen LogP contribution in [0.15, 0.2) is 0 Å². The van der Waals surface area contributed by atoms with Gasteiger partial charge >= 0.3 is 0 Å². The van der Waals surface area contributed by atoms with Crippen molar-refractivity contribution in [2.45, 2.75) is 95.2 Å². The van der Waals surface area contributed by atoms with Crippen LogP contribution in [0.3, 0.4) is 0 Å². The van der Waals surface area contributed by atoms with Crippen molar-refractivity contribution in [2.75, 3.05) is 0 Å². The van der Waals surface area contributed by atoms with E-state index in [1.807, 2.05) is 4.90 Å². The first-order valence-corrected chi connectivity index (χ1v) is 8.72. The Balaban J connectivity index is 1.98. The summed E-state index contributed by atoms with van der Waals surface area (Å²) < 4.78 is 0. The van der Waals surface area contributed by atoms with Gasteiger partial charge in [-0.3, -0.25) is 9.59 Å². The number of rotatable bonds is 3. The number of hydrogen-bond acceptors (Lipinski definition) is 2. The number of carbonyl (C=O) groups is 2. The van der Waals surface area contributed by atoms with Crippen LogP contribution in [0.5, 0.6) is 0 Å². The quantitative estimate of drug-likeness (QED) is 0.869. The third-order valence-corrected chi connectivity index (χ3v) is 5.90. The van der Waals surface area contributed by atoms with Gasteiger partial charge in [-0.25, -0.2) is 0 Å². The van der Waals surface area contributed by atoms with Crippen molar-refractivity contribution in [2.24, 2.45) is 0 Å². The van der Waals surface area contributed by atoms with Crippen LogP contribution in [0.4, 0.5) is 0 Å². The van der Waals surface area contributed by atoms with Crippen LogP contribution in [0.1, 0.15) is 78.1 Å². The summed E-state index contributed by atoms with van der Waals surface area (Å²) >= 11 is 0. The highest BCUT2D eigenvalue weighted by Gasteiger charge is 2.60. The molecule has 118 valence electrons. The third-order valence-electron chi connectivity index (χ3n) is 5.90. The van der Waals surface area contributed by atoms with E-state index in [4.69, 9.17) is 0 Å². The maximum atomic E-state index is 13.3. The summed E-state index contributed by atoms with van der Waals surface area (Å²) in [6.07, 6.45) is 9.58. The van der Waals surface area contributed by atoms with E-state index in [9.17, 15) is 9.59 Å². The molecule has 1 atom stereocenters. The first kappa shape index (κ1) is 14.9. The SMILES string of the molecule is CCCC(C)N1C(=O)C2(CCCC2)NC(=O)C12CCCC2. The Morgan fingerprint density at radius 1 is 1.10 bits per heavy atom. The molecule has 1 saturated heterocycles. The van der Waals surface area contributed by atoms with Gasteiger partial charge < -0.3 is 10.2 Å². The lowest BCUT2D eigenvalue weighted by atomic mass is 9.81. The Morgan fingerprint density at radius 2 is 1.67 bits per heavy atom. The Labute approximate surface area is 127 Å². The number of nitrogens with one attached hydrogen (secondary N) is 1. The lowest BCUT2D eigenvalue weighted by molar-refractivity contribution is -0.166. The second-order valence-corrected chi connectivity index (χ2v) is 7.29. The molecule has 3 fully saturated rings. The van der Waals surface area contributed by atoms with Crippen molar-refractivity contribution in [3.63, 3.8) is 0 Å². The van der Waals surface area contributed by atoms with Gasteiger partial charge in [-0.15, -0.1) is 0 Å². The molecular formula is C17H28N2O2. The minimum absolute atomic E-state index is 0.129. The molecule has 2 saturated carbocycles. The third kappa shape index (κ3) is 2.09. The van der Waals surface area contributed by atoms with Gasteiger partial charge in [0.25, 0.3) is 0 Å². The smallest absolute Gasteiger partial charge is 0.249 e. The molecule has 2 aliphatic carbocycles. The van der Waals surface area contributed by atoms with E-state index in [0.29, 0.717) is 0 Å². The first-order valence-electron chi connectivity index (χ1n) is 8.72. The monoisotopic (exact) mass is 292 g/mol. The standard InChI is InChI=1S/C17H28N2O2/c1-3-8-13(2)19-15(21)16(9-4-5-10-16)18-14(20)17(19)11-6-7-12-17/h13H,3-12H2,1-2H3,(H,18,20). The largest absolute Gasteiger partial charge is 0.340 e. The lowest BCUT2D eigenvalue weighted by Crippen LogP contribution is -2.75. The molecule has 0 radical (unpaired) electrons. The van der Waals surface area contributed by atoms with Crippen LogP contribution in [-0.4, -0.2) is 33.8 Å². The van der Waals surface area contributed by atoms with Gasteiger partial charge in [-0.05, 0) is 39.0 Å². The second kappa shape index (κ2) is 5.29. The molecule has 4 nitrogen and oxygen atoms in total. The van der Waals surface area contributed by atoms with Crippen molar-refractivity contribution in [3.8, 4) is 0 Å². The van der Waals surface area contributed by atoms with Gasteiger partial charge in [0.1, 0.15) is 11.1 Å². The van der Waals surface area contributed by atoms with Crippen molar-refractivity contribution in [1.82, 2.24) is 10.2 Å². The molecular weight excluding hydrogens is 264 g/mol. The van der Waals surface area contributed by atoms with Gasteiger partial charge in [0.05, 0.1) is 0 Å². The van der Waals surface area contributed by atoms with Gasteiger partial charge in [-0.2, -0.15) is 0 Å². The van der Waals surface area contributed by atoms with Crippen LogP contribution >= 0.6 is 0 Å². The summed E-state index contributed by atoms with van der Waals surface area (Å²) in [5, 5.41) is 3.17. The van der Waals surface area contributed by atoms with Crippen LogP contribution in [0, 0.1) is 0 Å². The molecule has 1 aliphatic heterocycles. The van der Waals surface area contributed by atoms with E-state index in [1.54, 1.807) is 0 Å². The van der Waals surface area contributed by atoms with Crippen LogP contribution in [0.25, 0.3) is 0 Å². The van der Waals surface area contributed by atoms with Crippen LogP contribution in [-0.2, 0) is 9.59 Å². The normalized spacial score (nSPS) is 28.4. The molecule has 21 heavy (non-hydrogen) atoms. The van der Waals surface area contributed by atoms with E-state index in [0.717, 1.165) is 64.2 Å². The number of nitrogens with zero attached hydrogens (tertiary/aromatic N) is 1. The van der Waals surface area contributed by atoms with Crippen LogP contribution in [0.2, 0.25) is 0 Å². The highest BCUT2D eigenvalue weighted by molar-refractivity contribution is 6.02. The fourth-order valence-electron chi connectivity index (χ4n) is 4.84. The fourth-order valence-corrected chi connectivity index (χ4v) is 4.84. The molecule has 1 N–H and O–H groups in total. The van der Waals surface area contributed by atoms with Gasteiger partial charge in [-0.1, -0.05) is 39.0 Å². The summed E-state index contributed by atoms with van der Waals surface area (Å²) in [5.41, 5.74) is -1.12. The number of hydrogen-bond donors (Lipinski definition) is 1. The minimum atomic E-state index is -0.576. The molecule has 0 aromatic rings. The highest BCUT2D eigenvalue weighted by atomic mass is 16.2. The molecule has 2 amide bonds.